The third-order valence-corrected chi connectivity index (χ3v) is 9.98. The fourth-order valence-corrected chi connectivity index (χ4v) is 7.00. The maximum absolute atomic E-state index is 12.3. The molecular weight excluding hydrogens is 575 g/mol. The summed E-state index contributed by atoms with van der Waals surface area (Å²) in [5.41, 5.74) is 1.07. The molecule has 7 nitrogen and oxygen atoms in total. The third kappa shape index (κ3) is 15.1. The number of amides is 2. The van der Waals surface area contributed by atoms with E-state index in [0.29, 0.717) is 18.0 Å². The first-order chi connectivity index (χ1) is 17.5. The van der Waals surface area contributed by atoms with Crippen molar-refractivity contribution in [3.05, 3.63) is 0 Å². The minimum atomic E-state index is 0.0384. The summed E-state index contributed by atoms with van der Waals surface area (Å²) in [6.45, 7) is 16.1. The Kier molecular flexibility index (Phi) is 17.5. The van der Waals surface area contributed by atoms with Crippen LogP contribution in [0.1, 0.15) is 106 Å². The standard InChI is InChI=1S/C29H60IN6O/c1-8-10-11-15-29(6,20-34-22-33-19-28(4,5)26(32-7)16-23(3)31)18-24-13-12-14-25(17-24)36-27(37)35-21-30-9-2/h24-26,31-34H,8-22H2,1-7H3,(H2,35,36,37)/q-1/t24?,25?,26-,29?/m1/s1. The maximum atomic E-state index is 12.3. The van der Waals surface area contributed by atoms with Crippen molar-refractivity contribution in [2.75, 3.05) is 35.8 Å². The fourth-order valence-electron chi connectivity index (χ4n) is 5.84. The summed E-state index contributed by atoms with van der Waals surface area (Å²) in [5.74, 6) is 0.684. The molecule has 0 heterocycles. The molecule has 1 aliphatic carbocycles. The van der Waals surface area contributed by atoms with Gasteiger partial charge in [0.15, 0.2) is 0 Å². The molecule has 220 valence electrons. The molecule has 37 heavy (non-hydrogen) atoms. The SMILES string of the molecule is CCCCCC(C)(CNCNCC(C)(C)[C@@H](CC(C)=N)NC)CC1CCCC(NC(=O)NC[I-]CC)C1. The van der Waals surface area contributed by atoms with Gasteiger partial charge in [0.2, 0.25) is 0 Å². The summed E-state index contributed by atoms with van der Waals surface area (Å²) >= 11 is 0.113. The number of carbonyl (C=O) groups is 1. The monoisotopic (exact) mass is 635 g/mol. The zero-order valence-electron chi connectivity index (χ0n) is 25.1. The molecule has 1 aliphatic rings. The summed E-state index contributed by atoms with van der Waals surface area (Å²) in [4.78, 5) is 12.3. The van der Waals surface area contributed by atoms with Crippen molar-refractivity contribution >= 4 is 11.7 Å². The molecule has 0 aliphatic heterocycles. The number of unbranched alkanes of at least 4 members (excludes halogenated alkanes) is 2. The predicted molar refractivity (Wildman–Crippen MR) is 155 cm³/mol. The van der Waals surface area contributed by atoms with Gasteiger partial charge in [-0.25, -0.2) is 0 Å². The number of halogens is 1. The Hall–Kier alpha value is -0.450. The molecule has 4 atom stereocenters. The first-order valence-electron chi connectivity index (χ1n) is 14.8. The fraction of sp³-hybridized carbons (Fsp3) is 0.931. The van der Waals surface area contributed by atoms with Crippen molar-refractivity contribution < 1.29 is 26.0 Å². The van der Waals surface area contributed by atoms with Crippen molar-refractivity contribution in [1.29, 1.82) is 5.41 Å². The van der Waals surface area contributed by atoms with Gasteiger partial charge in [-0.15, -0.1) is 0 Å². The molecule has 2 amide bonds. The van der Waals surface area contributed by atoms with Crippen LogP contribution in [0.15, 0.2) is 0 Å². The number of hydrogen-bond donors (Lipinski definition) is 6. The van der Waals surface area contributed by atoms with Crippen molar-refractivity contribution in [1.82, 2.24) is 26.6 Å². The first kappa shape index (κ1) is 34.6. The van der Waals surface area contributed by atoms with Crippen LogP contribution in [0.3, 0.4) is 0 Å². The van der Waals surface area contributed by atoms with Crippen LogP contribution in [0, 0.1) is 22.2 Å². The first-order valence-corrected chi connectivity index (χ1v) is 17.8. The molecule has 0 bridgehead atoms. The summed E-state index contributed by atoms with van der Waals surface area (Å²) in [5, 5.41) is 25.0. The molecule has 0 aromatic rings. The Bertz CT molecular complexity index is 646. The van der Waals surface area contributed by atoms with Crippen LogP contribution in [0.5, 0.6) is 0 Å². The van der Waals surface area contributed by atoms with E-state index in [0.717, 1.165) is 49.3 Å². The van der Waals surface area contributed by atoms with Crippen LogP contribution in [0.4, 0.5) is 4.79 Å². The molecule has 0 aromatic carbocycles. The van der Waals surface area contributed by atoms with E-state index >= 15 is 0 Å². The van der Waals surface area contributed by atoms with Crippen molar-refractivity contribution in [2.45, 2.75) is 118 Å². The molecule has 1 saturated carbocycles. The zero-order valence-corrected chi connectivity index (χ0v) is 27.3. The topological polar surface area (TPSA) is 101 Å². The average molecular weight is 636 g/mol. The Morgan fingerprint density at radius 2 is 1.84 bits per heavy atom. The van der Waals surface area contributed by atoms with E-state index in [2.05, 4.69) is 61.2 Å². The van der Waals surface area contributed by atoms with E-state index < -0.39 is 0 Å². The zero-order chi connectivity index (χ0) is 27.7. The Labute approximate surface area is 239 Å². The van der Waals surface area contributed by atoms with Crippen LogP contribution < -0.4 is 47.8 Å². The number of rotatable bonds is 20. The van der Waals surface area contributed by atoms with E-state index in [1.807, 2.05) is 14.0 Å². The van der Waals surface area contributed by atoms with E-state index in [9.17, 15) is 4.79 Å². The summed E-state index contributed by atoms with van der Waals surface area (Å²) < 4.78 is 2.09. The number of alkyl halides is 2. The summed E-state index contributed by atoms with van der Waals surface area (Å²) in [6, 6.07) is 0.650. The summed E-state index contributed by atoms with van der Waals surface area (Å²) in [7, 11) is 2.00. The van der Waals surface area contributed by atoms with Gasteiger partial charge in [0.25, 0.3) is 0 Å². The quantitative estimate of drug-likeness (QED) is 0.0308. The number of urea groups is 1. The van der Waals surface area contributed by atoms with Gasteiger partial charge in [-0.05, 0) is 19.4 Å². The van der Waals surface area contributed by atoms with Gasteiger partial charge in [0, 0.05) is 24.7 Å². The van der Waals surface area contributed by atoms with Crippen molar-refractivity contribution in [2.24, 2.45) is 16.7 Å². The van der Waals surface area contributed by atoms with E-state index in [4.69, 9.17) is 5.41 Å². The van der Waals surface area contributed by atoms with Gasteiger partial charge in [-0.1, -0.05) is 27.2 Å². The van der Waals surface area contributed by atoms with Crippen LogP contribution in [-0.4, -0.2) is 59.6 Å². The third-order valence-electron chi connectivity index (χ3n) is 7.98. The van der Waals surface area contributed by atoms with E-state index in [-0.39, 0.29) is 38.1 Å². The second-order valence-corrected chi connectivity index (χ2v) is 15.7. The predicted octanol–water partition coefficient (Wildman–Crippen LogP) is 2.07. The molecule has 1 rings (SSSR count). The Morgan fingerprint density at radius 1 is 1.11 bits per heavy atom. The number of nitrogens with one attached hydrogen (secondary N) is 6. The molecule has 1 fully saturated rings. The van der Waals surface area contributed by atoms with Crippen LogP contribution in [0.25, 0.3) is 0 Å². The Balaban J connectivity index is 2.57. The number of hydrogen-bond acceptors (Lipinski definition) is 5. The minimum absolute atomic E-state index is 0.0384. The molecule has 0 radical (unpaired) electrons. The van der Waals surface area contributed by atoms with Crippen molar-refractivity contribution in [3.63, 3.8) is 0 Å². The second-order valence-electron chi connectivity index (χ2n) is 12.3. The van der Waals surface area contributed by atoms with E-state index in [1.54, 1.807) is 0 Å². The summed E-state index contributed by atoms with van der Waals surface area (Å²) in [6.07, 6.45) is 11.9. The molecule has 3 unspecified atom stereocenters. The molecule has 8 heteroatoms. The molecular formula is C29H60IN6O-. The molecule has 0 saturated heterocycles. The van der Waals surface area contributed by atoms with Crippen LogP contribution in [-0.2, 0) is 0 Å². The van der Waals surface area contributed by atoms with Gasteiger partial charge in [-0.3, -0.25) is 0 Å². The van der Waals surface area contributed by atoms with Gasteiger partial charge in [-0.2, -0.15) is 0 Å². The van der Waals surface area contributed by atoms with Crippen molar-refractivity contribution in [3.8, 4) is 0 Å². The van der Waals surface area contributed by atoms with Gasteiger partial charge >= 0.3 is 153 Å². The van der Waals surface area contributed by atoms with Gasteiger partial charge in [0.1, 0.15) is 0 Å². The molecule has 0 aromatic heterocycles. The second kappa shape index (κ2) is 18.8. The normalized spacial score (nSPS) is 20.8. The van der Waals surface area contributed by atoms with Crippen LogP contribution in [0.2, 0.25) is 0 Å². The van der Waals surface area contributed by atoms with E-state index in [1.165, 1.54) is 49.4 Å². The molecule has 6 N–H and O–H groups in total. The van der Waals surface area contributed by atoms with Gasteiger partial charge < -0.3 is 16.0 Å². The van der Waals surface area contributed by atoms with Gasteiger partial charge in [0.05, 0.1) is 0 Å². The molecule has 0 spiro atoms. The Morgan fingerprint density at radius 3 is 2.49 bits per heavy atom. The number of carbonyl (C=O) groups excluding carboxylic acids is 1. The average Bonchev–Trinajstić information content (AvgIpc) is 2.82. The van der Waals surface area contributed by atoms with Crippen LogP contribution >= 0.6 is 0 Å².